The van der Waals surface area contributed by atoms with Gasteiger partial charge in [0, 0.05) is 36.2 Å². The largest absolute Gasteiger partial charge is 0.458 e. The molecule has 11 atom stereocenters. The van der Waals surface area contributed by atoms with Crippen LogP contribution in [0.3, 0.4) is 0 Å². The Kier molecular flexibility index (Phi) is 15.7. The predicted molar refractivity (Wildman–Crippen MR) is 154 cm³/mol. The highest BCUT2D eigenvalue weighted by Crippen LogP contribution is 2.28. The molecular weight excluding hydrogens is 480 g/mol. The van der Waals surface area contributed by atoms with Crippen LogP contribution in [0.15, 0.2) is 61.3 Å². The van der Waals surface area contributed by atoms with E-state index in [0.717, 1.165) is 12.8 Å². The van der Waals surface area contributed by atoms with E-state index in [1.807, 2.05) is 52.8 Å². The van der Waals surface area contributed by atoms with Crippen LogP contribution in [0.25, 0.3) is 0 Å². The van der Waals surface area contributed by atoms with Crippen molar-refractivity contribution in [2.45, 2.75) is 97.7 Å². The lowest BCUT2D eigenvalue weighted by Gasteiger charge is -2.31. The molecule has 0 bridgehead atoms. The third-order valence-electron chi connectivity index (χ3n) is 7.78. The van der Waals surface area contributed by atoms with Gasteiger partial charge >= 0.3 is 5.97 Å². The first-order valence-electron chi connectivity index (χ1n) is 14.1. The van der Waals surface area contributed by atoms with E-state index < -0.39 is 36.5 Å². The van der Waals surface area contributed by atoms with Crippen molar-refractivity contribution in [1.29, 1.82) is 0 Å². The van der Waals surface area contributed by atoms with Crippen LogP contribution in [0.5, 0.6) is 0 Å². The maximum Gasteiger partial charge on any atom is 0.331 e. The van der Waals surface area contributed by atoms with E-state index in [4.69, 9.17) is 4.74 Å². The lowest BCUT2D eigenvalue weighted by atomic mass is 9.82. The van der Waals surface area contributed by atoms with Crippen LogP contribution in [-0.4, -0.2) is 56.9 Å². The standard InChI is InChI=1S/C32H52O6/c1-8-9-12-24(5)32-26(7)28(34)18-15-21(2)19-25(6)31(37)23(4)16-17-27(33)20-29(35)22(3)13-10-11-14-30(36)38-32/h8-14,16-17,21-29,31-35,37H,1,15,18-20H2,2-7H3/b12-9-,13-10+,14-11-,17-16-/t21?,22-,23-,24-,25+,26-,27+,28?,29-,31-,32-/m1/s1. The molecule has 1 rings (SSSR count). The quantitative estimate of drug-likeness (QED) is 0.228. The van der Waals surface area contributed by atoms with Gasteiger partial charge < -0.3 is 25.2 Å². The minimum absolute atomic E-state index is 0.0366. The summed E-state index contributed by atoms with van der Waals surface area (Å²) < 4.78 is 5.81. The van der Waals surface area contributed by atoms with Crippen LogP contribution in [0.1, 0.15) is 67.2 Å². The smallest absolute Gasteiger partial charge is 0.331 e. The van der Waals surface area contributed by atoms with Gasteiger partial charge in [0.2, 0.25) is 0 Å². The Balaban J connectivity index is 3.17. The van der Waals surface area contributed by atoms with Crippen molar-refractivity contribution < 1.29 is 30.0 Å². The van der Waals surface area contributed by atoms with Gasteiger partial charge in [0.05, 0.1) is 24.4 Å². The zero-order valence-corrected chi connectivity index (χ0v) is 24.2. The summed E-state index contributed by atoms with van der Waals surface area (Å²) in [6.45, 7) is 15.5. The van der Waals surface area contributed by atoms with Crippen molar-refractivity contribution in [3.63, 3.8) is 0 Å². The van der Waals surface area contributed by atoms with Crippen molar-refractivity contribution in [3.8, 4) is 0 Å². The average Bonchev–Trinajstić information content (AvgIpc) is 2.88. The van der Waals surface area contributed by atoms with Gasteiger partial charge in [-0.1, -0.05) is 96.7 Å². The predicted octanol–water partition coefficient (Wildman–Crippen LogP) is 5.14. The Morgan fingerprint density at radius 1 is 0.921 bits per heavy atom. The molecule has 216 valence electrons. The normalized spacial score (nSPS) is 40.7. The summed E-state index contributed by atoms with van der Waals surface area (Å²) in [7, 11) is 0. The fourth-order valence-electron chi connectivity index (χ4n) is 5.04. The van der Waals surface area contributed by atoms with Crippen molar-refractivity contribution in [3.05, 3.63) is 61.3 Å². The van der Waals surface area contributed by atoms with E-state index in [0.29, 0.717) is 6.42 Å². The van der Waals surface area contributed by atoms with Crippen molar-refractivity contribution in [1.82, 2.24) is 0 Å². The van der Waals surface area contributed by atoms with E-state index in [1.54, 1.807) is 30.4 Å². The van der Waals surface area contributed by atoms with Gasteiger partial charge in [-0.15, -0.1) is 0 Å². The van der Waals surface area contributed by atoms with E-state index in [-0.39, 0.29) is 41.9 Å². The zero-order chi connectivity index (χ0) is 28.8. The van der Waals surface area contributed by atoms with Crippen LogP contribution in [-0.2, 0) is 9.53 Å². The molecule has 0 aliphatic carbocycles. The van der Waals surface area contributed by atoms with Crippen LogP contribution in [0, 0.1) is 35.5 Å². The highest BCUT2D eigenvalue weighted by Gasteiger charge is 2.31. The number of esters is 1. The third kappa shape index (κ3) is 12.2. The summed E-state index contributed by atoms with van der Waals surface area (Å²) in [5.41, 5.74) is 0. The molecule has 0 spiro atoms. The van der Waals surface area contributed by atoms with E-state index in [1.165, 1.54) is 6.08 Å². The van der Waals surface area contributed by atoms with Crippen LogP contribution in [0.4, 0.5) is 0 Å². The average molecular weight is 533 g/mol. The number of carbonyl (C=O) groups is 1. The fourth-order valence-corrected chi connectivity index (χ4v) is 5.04. The number of allylic oxidation sites excluding steroid dienone is 4. The number of aliphatic hydroxyl groups is 4. The van der Waals surface area contributed by atoms with Crippen LogP contribution >= 0.6 is 0 Å². The molecule has 38 heavy (non-hydrogen) atoms. The summed E-state index contributed by atoms with van der Waals surface area (Å²) in [5, 5.41) is 42.7. The zero-order valence-electron chi connectivity index (χ0n) is 24.2. The number of ether oxygens (including phenoxy) is 1. The molecule has 0 fully saturated rings. The second-order valence-corrected chi connectivity index (χ2v) is 11.4. The summed E-state index contributed by atoms with van der Waals surface area (Å²) >= 11 is 0. The fraction of sp³-hybridized carbons (Fsp3) is 0.656. The highest BCUT2D eigenvalue weighted by molar-refractivity contribution is 5.82. The Labute approximate surface area is 230 Å². The Hall–Kier alpha value is -1.99. The van der Waals surface area contributed by atoms with Crippen molar-refractivity contribution in [2.75, 3.05) is 0 Å². The van der Waals surface area contributed by atoms with E-state index >= 15 is 0 Å². The van der Waals surface area contributed by atoms with Gasteiger partial charge in [-0.25, -0.2) is 4.79 Å². The molecule has 2 unspecified atom stereocenters. The van der Waals surface area contributed by atoms with Gasteiger partial charge in [0.25, 0.3) is 0 Å². The van der Waals surface area contributed by atoms with E-state index in [2.05, 4.69) is 13.5 Å². The van der Waals surface area contributed by atoms with Gasteiger partial charge in [-0.2, -0.15) is 0 Å². The second kappa shape index (κ2) is 17.6. The van der Waals surface area contributed by atoms with E-state index in [9.17, 15) is 25.2 Å². The number of rotatable bonds is 3. The molecule has 0 amide bonds. The SMILES string of the molecule is C=C/C=C\[C@@H](C)[C@H]1OC(=O)/C=C\C=C\[C@@H](C)[C@H](O)C[C@@H](O)/C=C\[C@@H](C)[C@@H](O)[C@@H](C)CC(C)CCC(O)[C@H]1C. The molecule has 4 N–H and O–H groups in total. The summed E-state index contributed by atoms with van der Waals surface area (Å²) in [6.07, 6.45) is 14.2. The minimum atomic E-state index is -0.828. The lowest BCUT2D eigenvalue weighted by molar-refractivity contribution is -0.150. The monoisotopic (exact) mass is 532 g/mol. The summed E-state index contributed by atoms with van der Waals surface area (Å²) in [5.74, 6) is -0.976. The molecule has 1 aliphatic heterocycles. The van der Waals surface area contributed by atoms with Gasteiger partial charge in [-0.05, 0) is 31.1 Å². The van der Waals surface area contributed by atoms with Gasteiger partial charge in [0.15, 0.2) is 0 Å². The first-order chi connectivity index (χ1) is 17.9. The molecule has 0 radical (unpaired) electrons. The Bertz CT molecular complexity index is 815. The minimum Gasteiger partial charge on any atom is -0.458 e. The van der Waals surface area contributed by atoms with Crippen molar-refractivity contribution in [2.24, 2.45) is 35.5 Å². The van der Waals surface area contributed by atoms with Crippen LogP contribution in [0.2, 0.25) is 0 Å². The number of aliphatic hydroxyl groups excluding tert-OH is 4. The molecule has 0 aromatic heterocycles. The maximum atomic E-state index is 12.6. The highest BCUT2D eigenvalue weighted by atomic mass is 16.5. The first-order valence-corrected chi connectivity index (χ1v) is 14.1. The molecule has 1 aliphatic rings. The number of hydrogen-bond donors (Lipinski definition) is 4. The third-order valence-corrected chi connectivity index (χ3v) is 7.78. The van der Waals surface area contributed by atoms with Crippen LogP contribution < -0.4 is 0 Å². The summed E-state index contributed by atoms with van der Waals surface area (Å²) in [4.78, 5) is 12.6. The summed E-state index contributed by atoms with van der Waals surface area (Å²) in [6, 6.07) is 0. The first kappa shape index (κ1) is 34.0. The molecule has 6 nitrogen and oxygen atoms in total. The van der Waals surface area contributed by atoms with Gasteiger partial charge in [-0.3, -0.25) is 0 Å². The molecule has 0 saturated carbocycles. The van der Waals surface area contributed by atoms with Crippen molar-refractivity contribution >= 4 is 5.97 Å². The maximum absolute atomic E-state index is 12.6. The Morgan fingerprint density at radius 2 is 1.61 bits per heavy atom. The Morgan fingerprint density at radius 3 is 2.26 bits per heavy atom. The molecule has 6 heteroatoms. The number of cyclic esters (lactones) is 1. The second-order valence-electron chi connectivity index (χ2n) is 11.4. The molecular formula is C32H52O6. The number of hydrogen-bond acceptors (Lipinski definition) is 6. The lowest BCUT2D eigenvalue weighted by Crippen LogP contribution is -2.37. The topological polar surface area (TPSA) is 107 Å². The molecule has 0 aromatic carbocycles. The molecule has 1 heterocycles. The molecule has 0 aromatic rings. The van der Waals surface area contributed by atoms with Gasteiger partial charge in [0.1, 0.15) is 6.10 Å². The molecule has 0 saturated heterocycles. The number of carbonyl (C=O) groups excluding carboxylic acids is 1.